The van der Waals surface area contributed by atoms with Gasteiger partial charge >= 0.3 is 0 Å². The Hall–Kier alpha value is -0.200. The van der Waals surface area contributed by atoms with Crippen LogP contribution in [0.25, 0.3) is 0 Å². The largest absolute Gasteiger partial charge is 0.392 e. The van der Waals surface area contributed by atoms with Crippen LogP contribution in [-0.2, 0) is 0 Å². The predicted molar refractivity (Wildman–Crippen MR) is 123 cm³/mol. The summed E-state index contributed by atoms with van der Waals surface area (Å²) in [5.41, 5.74) is 5.03. The lowest BCUT2D eigenvalue weighted by Gasteiger charge is -2.20. The molecule has 0 rings (SSSR count). The maximum Gasteiger partial charge on any atom is 0.275 e. The average Bonchev–Trinajstić information content (AvgIpc) is 2.59. The second-order valence-electron chi connectivity index (χ2n) is 9.78. The third-order valence-corrected chi connectivity index (χ3v) is 5.63. The highest BCUT2D eigenvalue weighted by atomic mass is 16.7. The summed E-state index contributed by atoms with van der Waals surface area (Å²) in [7, 11) is 0. The van der Waals surface area contributed by atoms with Crippen molar-refractivity contribution in [2.45, 2.75) is 124 Å². The molecular formula is C24H53NO4. The molecule has 0 aromatic carbocycles. The Balaban J connectivity index is 0. The second kappa shape index (κ2) is 18.6. The van der Waals surface area contributed by atoms with Gasteiger partial charge in [0, 0.05) is 13.0 Å². The lowest BCUT2D eigenvalue weighted by atomic mass is 9.90. The molecule has 4 atom stereocenters. The molecule has 29 heavy (non-hydrogen) atoms. The minimum atomic E-state index is -2.50. The summed E-state index contributed by atoms with van der Waals surface area (Å²) < 4.78 is 0. The van der Waals surface area contributed by atoms with Crippen molar-refractivity contribution >= 4 is 0 Å². The van der Waals surface area contributed by atoms with Gasteiger partial charge in [-0.15, -0.1) is 0 Å². The molecule has 0 fully saturated rings. The van der Waals surface area contributed by atoms with Crippen LogP contribution in [0.2, 0.25) is 0 Å². The van der Waals surface area contributed by atoms with Gasteiger partial charge in [-0.1, -0.05) is 99.3 Å². The quantitative estimate of drug-likeness (QED) is 0.231. The van der Waals surface area contributed by atoms with Gasteiger partial charge in [-0.3, -0.25) is 0 Å². The molecule has 0 aromatic heterocycles. The molecule has 5 nitrogen and oxygen atoms in total. The molecular weight excluding hydrogens is 366 g/mol. The lowest BCUT2D eigenvalue weighted by molar-refractivity contribution is -0.319. The molecule has 0 aromatic rings. The van der Waals surface area contributed by atoms with Crippen molar-refractivity contribution in [3.63, 3.8) is 0 Å². The summed E-state index contributed by atoms with van der Waals surface area (Å²) in [6, 6.07) is 0. The Morgan fingerprint density at radius 3 is 1.34 bits per heavy atom. The highest BCUT2D eigenvalue weighted by molar-refractivity contribution is 4.62. The van der Waals surface area contributed by atoms with Crippen LogP contribution in [0.4, 0.5) is 0 Å². The zero-order valence-corrected chi connectivity index (χ0v) is 20.2. The van der Waals surface area contributed by atoms with E-state index in [2.05, 4.69) is 27.7 Å². The summed E-state index contributed by atoms with van der Waals surface area (Å²) in [5.74, 6) is 0.0666. The van der Waals surface area contributed by atoms with Crippen molar-refractivity contribution in [1.29, 1.82) is 0 Å². The molecule has 0 bridgehead atoms. The first-order chi connectivity index (χ1) is 13.4. The number of aliphatic hydroxyl groups is 4. The number of rotatable bonds is 16. The van der Waals surface area contributed by atoms with Gasteiger partial charge in [-0.25, -0.2) is 0 Å². The first-order valence-corrected chi connectivity index (χ1v) is 12.0. The molecule has 0 saturated heterocycles. The predicted octanol–water partition coefficient (Wildman–Crippen LogP) is 4.80. The van der Waals surface area contributed by atoms with Crippen molar-refractivity contribution in [2.75, 3.05) is 6.54 Å². The van der Waals surface area contributed by atoms with E-state index in [0.717, 1.165) is 37.0 Å². The van der Waals surface area contributed by atoms with Crippen molar-refractivity contribution in [1.82, 2.24) is 0 Å². The van der Waals surface area contributed by atoms with Crippen LogP contribution in [0.5, 0.6) is 0 Å². The third-order valence-electron chi connectivity index (χ3n) is 5.63. The van der Waals surface area contributed by atoms with Gasteiger partial charge in [0.1, 0.15) is 0 Å². The topological polar surface area (TPSA) is 107 Å². The highest BCUT2D eigenvalue weighted by Gasteiger charge is 2.21. The Morgan fingerprint density at radius 2 is 1.07 bits per heavy atom. The maximum absolute atomic E-state index is 8.97. The molecule has 6 N–H and O–H groups in total. The van der Waals surface area contributed by atoms with Crippen LogP contribution in [0.15, 0.2) is 0 Å². The lowest BCUT2D eigenvalue weighted by Crippen LogP contribution is -2.29. The SMILES string of the molecule is CC(C)CCCC(C)CCCC(C)CCCC(C)CC(O)(O)O.CCC(O)CN. The van der Waals surface area contributed by atoms with Crippen LogP contribution >= 0.6 is 0 Å². The first-order valence-electron chi connectivity index (χ1n) is 12.0. The summed E-state index contributed by atoms with van der Waals surface area (Å²) in [4.78, 5) is 0. The number of hydrogen-bond donors (Lipinski definition) is 5. The van der Waals surface area contributed by atoms with Crippen molar-refractivity contribution in [3.8, 4) is 0 Å². The maximum atomic E-state index is 8.97. The van der Waals surface area contributed by atoms with Crippen LogP contribution in [0.1, 0.15) is 112 Å². The highest BCUT2D eigenvalue weighted by Crippen LogP contribution is 2.23. The number of nitrogens with two attached hydrogens (primary N) is 1. The molecule has 0 amide bonds. The van der Waals surface area contributed by atoms with Crippen molar-refractivity contribution in [3.05, 3.63) is 0 Å². The van der Waals surface area contributed by atoms with Gasteiger partial charge in [0.15, 0.2) is 0 Å². The van der Waals surface area contributed by atoms with E-state index in [4.69, 9.17) is 26.2 Å². The Labute approximate surface area is 181 Å². The van der Waals surface area contributed by atoms with Gasteiger partial charge in [0.25, 0.3) is 5.97 Å². The molecule has 5 heteroatoms. The van der Waals surface area contributed by atoms with E-state index in [-0.39, 0.29) is 18.4 Å². The number of aliphatic hydroxyl groups excluding tert-OH is 1. The molecule has 0 spiro atoms. The van der Waals surface area contributed by atoms with E-state index in [1.54, 1.807) is 0 Å². The Bertz CT molecular complexity index is 340. The summed E-state index contributed by atoms with van der Waals surface area (Å²) >= 11 is 0. The van der Waals surface area contributed by atoms with Crippen molar-refractivity contribution in [2.24, 2.45) is 29.4 Å². The monoisotopic (exact) mass is 419 g/mol. The fraction of sp³-hybridized carbons (Fsp3) is 1.00. The molecule has 0 heterocycles. The molecule has 0 aliphatic heterocycles. The Morgan fingerprint density at radius 1 is 0.690 bits per heavy atom. The molecule has 4 unspecified atom stereocenters. The van der Waals surface area contributed by atoms with E-state index >= 15 is 0 Å². The van der Waals surface area contributed by atoms with Crippen LogP contribution in [-0.4, -0.2) is 39.0 Å². The molecule has 0 radical (unpaired) electrons. The summed E-state index contributed by atoms with van der Waals surface area (Å²) in [6.07, 6.45) is 11.8. The molecule has 0 aliphatic rings. The van der Waals surface area contributed by atoms with E-state index in [1.165, 1.54) is 44.9 Å². The third kappa shape index (κ3) is 25.8. The van der Waals surface area contributed by atoms with E-state index < -0.39 is 5.97 Å². The van der Waals surface area contributed by atoms with E-state index in [0.29, 0.717) is 6.54 Å². The van der Waals surface area contributed by atoms with Gasteiger partial charge in [-0.05, 0) is 30.1 Å². The van der Waals surface area contributed by atoms with Gasteiger partial charge in [-0.2, -0.15) is 0 Å². The smallest absolute Gasteiger partial charge is 0.275 e. The zero-order chi connectivity index (χ0) is 22.9. The van der Waals surface area contributed by atoms with Gasteiger partial charge in [0.2, 0.25) is 0 Å². The first kappa shape index (κ1) is 31.0. The minimum absolute atomic E-state index is 0.0370. The second-order valence-corrected chi connectivity index (χ2v) is 9.78. The summed E-state index contributed by atoms with van der Waals surface area (Å²) in [6.45, 7) is 13.6. The average molecular weight is 420 g/mol. The molecule has 0 saturated carbocycles. The van der Waals surface area contributed by atoms with Gasteiger partial charge in [0.05, 0.1) is 6.10 Å². The zero-order valence-electron chi connectivity index (χ0n) is 20.2. The van der Waals surface area contributed by atoms with Crippen LogP contribution in [0.3, 0.4) is 0 Å². The normalized spacial score (nSPS) is 16.1. The summed E-state index contributed by atoms with van der Waals surface area (Å²) in [5, 5.41) is 35.4. The number of hydrogen-bond acceptors (Lipinski definition) is 5. The standard InChI is InChI=1S/C20H42O3.C4H11NO/c1-16(2)9-6-10-17(3)11-7-12-18(4)13-8-14-19(5)15-20(21,22)23;1-2-4(6)3-5/h16-19,21-23H,6-15H2,1-5H3;4,6H,2-3,5H2,1H3. The van der Waals surface area contributed by atoms with E-state index in [9.17, 15) is 0 Å². The molecule has 178 valence electrons. The fourth-order valence-corrected chi connectivity index (χ4v) is 3.53. The Kier molecular flexibility index (Phi) is 19.8. The van der Waals surface area contributed by atoms with Crippen LogP contribution < -0.4 is 5.73 Å². The fourth-order valence-electron chi connectivity index (χ4n) is 3.53. The van der Waals surface area contributed by atoms with Gasteiger partial charge < -0.3 is 26.2 Å². The molecule has 0 aliphatic carbocycles. The van der Waals surface area contributed by atoms with E-state index in [1.807, 2.05) is 13.8 Å². The van der Waals surface area contributed by atoms with Crippen molar-refractivity contribution < 1.29 is 20.4 Å². The minimum Gasteiger partial charge on any atom is -0.392 e. The van der Waals surface area contributed by atoms with Crippen LogP contribution in [0, 0.1) is 23.7 Å².